The molecule has 0 bridgehead atoms. The van der Waals surface area contributed by atoms with Crippen LogP contribution < -0.4 is 15.7 Å². The van der Waals surface area contributed by atoms with E-state index >= 15 is 0 Å². The number of amides is 3. The van der Waals surface area contributed by atoms with Gasteiger partial charge < -0.3 is 29.9 Å². The molecule has 2 fully saturated rings. The van der Waals surface area contributed by atoms with Crippen molar-refractivity contribution in [2.45, 2.75) is 50.1 Å². The number of pyridine rings is 1. The Bertz CT molecular complexity index is 1770. The molecule has 2 aliphatic heterocycles. The lowest BCUT2D eigenvalue weighted by Gasteiger charge is -2.36. The standard InChI is InChI=1S/C35H38Br2N6O5/c1-48-27-4-2-25(3-5-27)31-21-43(35(47)40-31)26-10-16-42(17-11-26)34(46)39-30(20-22-18-28(36)32(44)29(37)19-22)33(45)41-14-8-24(9-15-41)23-6-12-38-13-7-23/h2-7,12-13,18-19,21,24,26,30,44H,8-11,14-17,20H2,1H3,(H,39,46)(H,40,47)/t30-/m0/s1. The molecule has 3 N–H and O–H groups in total. The monoisotopic (exact) mass is 780 g/mol. The average molecular weight is 783 g/mol. The number of benzene rings is 2. The minimum Gasteiger partial charge on any atom is -0.506 e. The summed E-state index contributed by atoms with van der Waals surface area (Å²) >= 11 is 6.77. The van der Waals surface area contributed by atoms with Crippen molar-refractivity contribution in [3.63, 3.8) is 0 Å². The van der Waals surface area contributed by atoms with E-state index in [9.17, 15) is 19.5 Å². The summed E-state index contributed by atoms with van der Waals surface area (Å²) in [5.74, 6) is 1.04. The van der Waals surface area contributed by atoms with E-state index in [0.29, 0.717) is 53.9 Å². The summed E-state index contributed by atoms with van der Waals surface area (Å²) in [6, 6.07) is 13.9. The minimum atomic E-state index is -0.796. The molecule has 0 saturated carbocycles. The summed E-state index contributed by atoms with van der Waals surface area (Å²) in [6.07, 6.45) is 8.56. The number of hydrogen-bond donors (Lipinski definition) is 3. The quantitative estimate of drug-likeness (QED) is 0.206. The number of nitrogens with one attached hydrogen (secondary N) is 2. The first kappa shape index (κ1) is 33.8. The maximum atomic E-state index is 14.0. The van der Waals surface area contributed by atoms with Gasteiger partial charge in [0, 0.05) is 57.2 Å². The summed E-state index contributed by atoms with van der Waals surface area (Å²) in [7, 11) is 1.61. The summed E-state index contributed by atoms with van der Waals surface area (Å²) in [5.41, 5.74) is 3.43. The molecule has 3 amide bonds. The van der Waals surface area contributed by atoms with Gasteiger partial charge in [-0.25, -0.2) is 9.59 Å². The maximum Gasteiger partial charge on any atom is 0.326 e. The number of aromatic hydroxyl groups is 1. The van der Waals surface area contributed by atoms with E-state index in [0.717, 1.165) is 35.4 Å². The number of carbonyl (C=O) groups excluding carboxylic acids is 2. The van der Waals surface area contributed by atoms with Crippen LogP contribution in [0.25, 0.3) is 11.3 Å². The number of aromatic nitrogens is 3. The second-order valence-electron chi connectivity index (χ2n) is 12.3. The molecule has 0 spiro atoms. The summed E-state index contributed by atoms with van der Waals surface area (Å²) in [4.78, 5) is 51.2. The topological polar surface area (TPSA) is 133 Å². The Labute approximate surface area is 295 Å². The van der Waals surface area contributed by atoms with E-state index in [4.69, 9.17) is 4.74 Å². The molecule has 13 heteroatoms. The molecule has 11 nitrogen and oxygen atoms in total. The second-order valence-corrected chi connectivity index (χ2v) is 14.0. The number of imidazole rings is 1. The number of urea groups is 1. The molecule has 6 rings (SSSR count). The number of halogens is 2. The smallest absolute Gasteiger partial charge is 0.326 e. The Kier molecular flexibility index (Phi) is 10.5. The number of phenolic OH excluding ortho intramolecular Hbond substituents is 1. The van der Waals surface area contributed by atoms with Gasteiger partial charge >= 0.3 is 11.7 Å². The predicted octanol–water partition coefficient (Wildman–Crippen LogP) is 5.84. The minimum absolute atomic E-state index is 0.0596. The SMILES string of the molecule is COc1ccc(-c2cn(C3CCN(C(=O)N[C@@H](Cc4cc(Br)c(O)c(Br)c4)C(=O)N4CCC(c5ccncc5)CC4)CC3)c(=O)[nH]2)cc1. The first-order chi connectivity index (χ1) is 23.2. The highest BCUT2D eigenvalue weighted by Gasteiger charge is 2.33. The molecule has 4 aromatic rings. The number of carbonyl (C=O) groups is 2. The van der Waals surface area contributed by atoms with Crippen LogP contribution in [-0.2, 0) is 11.2 Å². The van der Waals surface area contributed by atoms with Crippen molar-refractivity contribution < 1.29 is 19.4 Å². The molecule has 2 saturated heterocycles. The Morgan fingerprint density at radius 2 is 1.60 bits per heavy atom. The number of methoxy groups -OCH3 is 1. The van der Waals surface area contributed by atoms with Crippen LogP contribution >= 0.6 is 31.9 Å². The van der Waals surface area contributed by atoms with Crippen molar-refractivity contribution in [1.29, 1.82) is 0 Å². The number of H-pyrrole nitrogens is 1. The number of phenols is 1. The van der Waals surface area contributed by atoms with Crippen LogP contribution in [0.15, 0.2) is 80.9 Å². The third-order valence-electron chi connectivity index (χ3n) is 9.39. The lowest BCUT2D eigenvalue weighted by molar-refractivity contribution is -0.134. The zero-order valence-corrected chi connectivity index (χ0v) is 29.7. The average Bonchev–Trinajstić information content (AvgIpc) is 3.51. The third-order valence-corrected chi connectivity index (χ3v) is 10.6. The van der Waals surface area contributed by atoms with Gasteiger partial charge in [0.05, 0.1) is 21.7 Å². The molecule has 2 aromatic carbocycles. The zero-order chi connectivity index (χ0) is 33.8. The third kappa shape index (κ3) is 7.62. The molecule has 2 aromatic heterocycles. The Morgan fingerprint density at radius 1 is 0.979 bits per heavy atom. The van der Waals surface area contributed by atoms with Crippen molar-refractivity contribution in [3.8, 4) is 22.8 Å². The summed E-state index contributed by atoms with van der Waals surface area (Å²) < 4.78 is 7.96. The van der Waals surface area contributed by atoms with Crippen molar-refractivity contribution in [1.82, 2.24) is 29.7 Å². The van der Waals surface area contributed by atoms with Gasteiger partial charge in [0.25, 0.3) is 0 Å². The van der Waals surface area contributed by atoms with Gasteiger partial charge in [0.15, 0.2) is 0 Å². The van der Waals surface area contributed by atoms with E-state index in [1.54, 1.807) is 41.1 Å². The van der Waals surface area contributed by atoms with E-state index in [2.05, 4.69) is 47.1 Å². The van der Waals surface area contributed by atoms with E-state index in [1.807, 2.05) is 47.5 Å². The predicted molar refractivity (Wildman–Crippen MR) is 189 cm³/mol. The number of nitrogens with zero attached hydrogens (tertiary/aromatic N) is 4. The van der Waals surface area contributed by atoms with Crippen molar-refractivity contribution in [2.75, 3.05) is 33.3 Å². The fraction of sp³-hybridized carbons (Fsp3) is 0.371. The largest absolute Gasteiger partial charge is 0.506 e. The van der Waals surface area contributed by atoms with Crippen LogP contribution in [0.2, 0.25) is 0 Å². The fourth-order valence-corrected chi connectivity index (χ4v) is 7.93. The van der Waals surface area contributed by atoms with Crippen LogP contribution in [0.1, 0.15) is 48.8 Å². The van der Waals surface area contributed by atoms with E-state index in [1.165, 1.54) is 5.56 Å². The molecule has 1 atom stereocenters. The molecular weight excluding hydrogens is 744 g/mol. The molecule has 252 valence electrons. The highest BCUT2D eigenvalue weighted by molar-refractivity contribution is 9.11. The molecule has 48 heavy (non-hydrogen) atoms. The van der Waals surface area contributed by atoms with Crippen LogP contribution in [0.5, 0.6) is 11.5 Å². The van der Waals surface area contributed by atoms with Gasteiger partial charge in [-0.3, -0.25) is 14.3 Å². The molecule has 2 aliphatic rings. The van der Waals surface area contributed by atoms with Gasteiger partial charge in [0.2, 0.25) is 5.91 Å². The van der Waals surface area contributed by atoms with Gasteiger partial charge in [-0.15, -0.1) is 0 Å². The lowest BCUT2D eigenvalue weighted by atomic mass is 9.89. The van der Waals surface area contributed by atoms with Gasteiger partial charge in [0.1, 0.15) is 17.5 Å². The number of likely N-dealkylation sites (tertiary alicyclic amines) is 2. The number of rotatable bonds is 8. The Morgan fingerprint density at radius 3 is 2.23 bits per heavy atom. The van der Waals surface area contributed by atoms with Crippen LogP contribution in [0.3, 0.4) is 0 Å². The Hall–Kier alpha value is -4.10. The van der Waals surface area contributed by atoms with E-state index in [-0.39, 0.29) is 35.8 Å². The highest BCUT2D eigenvalue weighted by Crippen LogP contribution is 2.34. The van der Waals surface area contributed by atoms with Gasteiger partial charge in [-0.2, -0.15) is 0 Å². The van der Waals surface area contributed by atoms with E-state index < -0.39 is 6.04 Å². The number of ether oxygens (including phenoxy) is 1. The molecule has 0 aliphatic carbocycles. The molecule has 0 radical (unpaired) electrons. The lowest BCUT2D eigenvalue weighted by Crippen LogP contribution is -2.55. The van der Waals surface area contributed by atoms with Crippen LogP contribution in [0, 0.1) is 0 Å². The highest BCUT2D eigenvalue weighted by atomic mass is 79.9. The van der Waals surface area contributed by atoms with Crippen LogP contribution in [-0.4, -0.2) is 80.7 Å². The summed E-state index contributed by atoms with van der Waals surface area (Å²) in [5, 5.41) is 13.3. The first-order valence-electron chi connectivity index (χ1n) is 16.1. The number of piperidine rings is 2. The second kappa shape index (κ2) is 15.0. The number of hydrogen-bond acceptors (Lipinski definition) is 6. The fourth-order valence-electron chi connectivity index (χ4n) is 6.65. The van der Waals surface area contributed by atoms with Crippen molar-refractivity contribution in [3.05, 3.63) is 97.7 Å². The van der Waals surface area contributed by atoms with Gasteiger partial charge in [-0.1, -0.05) is 0 Å². The van der Waals surface area contributed by atoms with Crippen molar-refractivity contribution >= 4 is 43.8 Å². The zero-order valence-electron chi connectivity index (χ0n) is 26.6. The summed E-state index contributed by atoms with van der Waals surface area (Å²) in [6.45, 7) is 2.08. The van der Waals surface area contributed by atoms with Crippen LogP contribution in [0.4, 0.5) is 4.79 Å². The molecule has 4 heterocycles. The molecular formula is C35H38Br2N6O5. The normalized spacial score (nSPS) is 16.5. The Balaban J connectivity index is 1.11. The number of aromatic amines is 1. The maximum absolute atomic E-state index is 14.0. The first-order valence-corrected chi connectivity index (χ1v) is 17.7. The van der Waals surface area contributed by atoms with Gasteiger partial charge in [-0.05, 0) is 129 Å². The van der Waals surface area contributed by atoms with Crippen molar-refractivity contribution in [2.24, 2.45) is 0 Å². The molecule has 0 unspecified atom stereocenters.